The molecule has 131 heavy (non-hydrogen) atoms. The van der Waals surface area contributed by atoms with Gasteiger partial charge in [-0.05, 0) is 98.4 Å². The van der Waals surface area contributed by atoms with E-state index in [1.807, 2.05) is 6.92 Å². The number of nitrogens with zero attached hydrogens (tertiary/aromatic N) is 6. The van der Waals surface area contributed by atoms with Crippen LogP contribution >= 0.6 is 11.8 Å². The zero-order valence-electron chi connectivity index (χ0n) is 75.6. The Labute approximate surface area is 762 Å². The summed E-state index contributed by atoms with van der Waals surface area (Å²) in [5, 5.41) is 67.0. The van der Waals surface area contributed by atoms with Crippen molar-refractivity contribution in [2.45, 2.75) is 230 Å². The third-order valence-corrected chi connectivity index (χ3v) is 24.0. The number of aliphatic hydroxyl groups is 1. The molecule has 0 saturated carbocycles. The maximum Gasteiger partial charge on any atom is 0.352 e. The van der Waals surface area contributed by atoms with Crippen LogP contribution in [0.1, 0.15) is 146 Å². The molecule has 5 aromatic rings. The fraction of sp³-hybridized carbons (Fsp3) is 0.545. The molecule has 2 aliphatic rings. The van der Waals surface area contributed by atoms with Crippen LogP contribution in [0.5, 0.6) is 5.75 Å². The number of carboxylic acids is 2. The highest BCUT2D eigenvalue weighted by atomic mass is 32.2. The Kier molecular flexibility index (Phi) is 39.6. The normalized spacial score (nSPS) is 24.3. The van der Waals surface area contributed by atoms with Crippen molar-refractivity contribution in [1.29, 1.82) is 0 Å². The first kappa shape index (κ1) is 105. The number of H-pyrrole nitrogens is 1. The van der Waals surface area contributed by atoms with Crippen LogP contribution in [0.3, 0.4) is 0 Å². The Bertz CT molecular complexity index is 4970. The summed E-state index contributed by atoms with van der Waals surface area (Å²) < 4.78 is 1.00. The van der Waals surface area contributed by atoms with Crippen molar-refractivity contribution in [3.63, 3.8) is 0 Å². The number of likely N-dealkylation sites (N-methyl/N-ethyl adjacent to an activating group) is 4. The molecule has 0 aliphatic carbocycles. The first-order chi connectivity index (χ1) is 61.9. The van der Waals surface area contributed by atoms with Gasteiger partial charge in [0.05, 0.1) is 24.8 Å². The number of para-hydroxylation sites is 2. The predicted molar refractivity (Wildman–Crippen MR) is 482 cm³/mol. The van der Waals surface area contributed by atoms with Crippen molar-refractivity contribution in [2.24, 2.45) is 34.8 Å². The van der Waals surface area contributed by atoms with Gasteiger partial charge in [0.25, 0.3) is 0 Å². The second-order valence-electron chi connectivity index (χ2n) is 34.0. The van der Waals surface area contributed by atoms with Crippen LogP contribution in [0.25, 0.3) is 21.8 Å². The molecule has 2 aliphatic heterocycles. The minimum atomic E-state index is -1.92. The number of primary amides is 2. The highest BCUT2D eigenvalue weighted by Gasteiger charge is 2.46. The van der Waals surface area contributed by atoms with Gasteiger partial charge in [0.1, 0.15) is 96.5 Å². The van der Waals surface area contributed by atoms with E-state index in [1.165, 1.54) is 76.6 Å². The van der Waals surface area contributed by atoms with Gasteiger partial charge in [0.2, 0.25) is 94.5 Å². The summed E-state index contributed by atoms with van der Waals surface area (Å²) in [6, 6.07) is -2.19. The van der Waals surface area contributed by atoms with Crippen molar-refractivity contribution in [2.75, 3.05) is 65.9 Å². The Hall–Kier alpha value is -12.8. The topological polar surface area (TPSA) is 637 Å². The molecule has 0 bridgehead atoms. The quantitative estimate of drug-likeness (QED) is 0.0295. The average molecular weight is 1850 g/mol. The molecule has 0 radical (unpaired) electrons. The lowest BCUT2D eigenvalue weighted by atomic mass is 9.98. The Morgan fingerprint density at radius 3 is 1.69 bits per heavy atom. The van der Waals surface area contributed by atoms with E-state index in [2.05, 4.69) is 52.8 Å². The van der Waals surface area contributed by atoms with Crippen molar-refractivity contribution in [3.8, 4) is 5.75 Å². The number of aromatic carboxylic acids is 1. The number of phenolic OH excluding ortho intramolecular Hbond substituents is 1. The highest BCUT2D eigenvalue weighted by molar-refractivity contribution is 8.00. The molecule has 14 atom stereocenters. The monoisotopic (exact) mass is 1850 g/mol. The lowest BCUT2D eigenvalue weighted by Gasteiger charge is -2.36. The van der Waals surface area contributed by atoms with E-state index in [4.69, 9.17) is 22.9 Å². The van der Waals surface area contributed by atoms with Gasteiger partial charge in [-0.25, -0.2) is 4.79 Å². The number of rotatable bonds is 25. The van der Waals surface area contributed by atoms with Gasteiger partial charge in [-0.3, -0.25) is 81.5 Å². The van der Waals surface area contributed by atoms with Gasteiger partial charge in [-0.15, -0.1) is 11.8 Å². The van der Waals surface area contributed by atoms with E-state index < -0.39 is 254 Å². The Morgan fingerprint density at radius 1 is 0.542 bits per heavy atom. The van der Waals surface area contributed by atoms with Crippen molar-refractivity contribution in [3.05, 3.63) is 101 Å². The fourth-order valence-corrected chi connectivity index (χ4v) is 16.8. The fourth-order valence-electron chi connectivity index (χ4n) is 15.9. The summed E-state index contributed by atoms with van der Waals surface area (Å²) in [5.74, 6) is -20.5. The van der Waals surface area contributed by atoms with E-state index in [9.17, 15) is 73.2 Å². The summed E-state index contributed by atoms with van der Waals surface area (Å²) >= 11 is 0.799. The number of aliphatic hydroxyl groups excluding tert-OH is 1. The SMILES string of the molecule is CCCC[C@H]1C(=O)N(C)[C@@H](CCCC)C(=O)N[C@@H](CC(C)C)C(=O)N[C@H](C(N)=O)CSCC(=O)N[C@@H](Cc2ccc(O)cc2)C(=O)N(C)[C@@H](C)C(=O)N[C@@H](CC(N)=O)C(=O)N(C)CC(=O)N[C@@H](CN)C(=O)N[C@@H](CC(C)C)C(=O)N2C[C@H](O)C[C@H]2C(=O)N[C@@H](Cc2c[nH]c3ccccc23)C(=O)N[C@@H](CCN)C(=O)N[C@@H](Cc2c(C(=O)O)n(CC(=O)O)c3ccccc23)C(=O)N1C. The minimum absolute atomic E-state index is 0.0228. The van der Waals surface area contributed by atoms with E-state index in [1.54, 1.807) is 65.1 Å². The van der Waals surface area contributed by atoms with Gasteiger partial charge < -0.3 is 125 Å². The number of hydrogen-bond donors (Lipinski definition) is 18. The second-order valence-corrected chi connectivity index (χ2v) is 35.1. The van der Waals surface area contributed by atoms with Crippen molar-refractivity contribution < 1.29 is 107 Å². The number of aliphatic carboxylic acids is 1. The summed E-state index contributed by atoms with van der Waals surface area (Å²) in [6.07, 6.45) is -1.59. The number of aromatic hydroxyl groups is 1. The van der Waals surface area contributed by atoms with Crippen LogP contribution in [0.2, 0.25) is 0 Å². The van der Waals surface area contributed by atoms with Gasteiger partial charge in [0.15, 0.2) is 0 Å². The molecule has 2 fully saturated rings. The first-order valence-electron chi connectivity index (χ1n) is 43.6. The summed E-state index contributed by atoms with van der Waals surface area (Å²) in [5.41, 5.74) is 24.6. The van der Waals surface area contributed by atoms with Gasteiger partial charge >= 0.3 is 11.9 Å². The molecular weight excluding hydrogens is 1720 g/mol. The van der Waals surface area contributed by atoms with Gasteiger partial charge in [-0.1, -0.05) is 116 Å². The van der Waals surface area contributed by atoms with Crippen LogP contribution in [0.15, 0.2) is 79.0 Å². The zero-order chi connectivity index (χ0) is 97.1. The number of carbonyl (C=O) groups is 18. The van der Waals surface area contributed by atoms with E-state index in [-0.39, 0.29) is 91.3 Å². The van der Waals surface area contributed by atoms with E-state index >= 15 is 33.6 Å². The van der Waals surface area contributed by atoms with Crippen molar-refractivity contribution >= 4 is 140 Å². The Balaban J connectivity index is 1.33. The number of nitrogens with one attached hydrogen (secondary N) is 10. The number of aromatic nitrogens is 2. The molecule has 22 N–H and O–H groups in total. The average Bonchev–Trinajstić information content (AvgIpc) is 1.61. The third-order valence-electron chi connectivity index (χ3n) is 23.0. The Morgan fingerprint density at radius 2 is 1.08 bits per heavy atom. The van der Waals surface area contributed by atoms with Crippen molar-refractivity contribution in [1.82, 2.24) is 81.9 Å². The van der Waals surface area contributed by atoms with Gasteiger partial charge in [-0.2, -0.15) is 0 Å². The maximum atomic E-state index is 16.0. The number of phenols is 1. The molecule has 16 amide bonds. The number of amides is 16. The number of hydrogen-bond acceptors (Lipinski definition) is 23. The standard InChI is InChI=1S/C88H126N20O22S/c1-12-14-23-67-81(122)97-58(32-46(3)4)78(119)102-65(75(92)116)44-131-45-72(113)94-61(34-49-26-28-51(109)29-27-49)84(125)104(9)48(7)76(117)99-63(38-70(91)111)83(124)103(8)42-71(112)95-64(39-90)80(121)100-60(33-47(5)6)86(127)108-41-52(110)36-69(108)82(123)98-59(35-50-40-93-56-22-18-16-20-53(50)56)79(120)96-57(30-31-89)77(118)101-62(85(126)106(11)68(24-15-13-2)87(128)105(67)10)37-55-54-21-17-19-25-66(54)107(43-73(114)115)74(55)88(129)130/h16-22,25-29,40,46-48,52,57-65,67-69,93,109-110H,12-15,23-24,30-39,41-45,89-90H2,1-11H3,(H2,91,111)(H2,92,116)(H,94,113)(H,95,112)(H,96,120)(H,97,122)(H,98,123)(H,99,117)(H,100,121)(H,101,118)(H,102,119)(H,114,115)(H,129,130)/t48-,52+,57-,58-,59-,60-,61-,62-,63-,64-,65-,67-,68-,69-/m0/s1. The first-order valence-corrected chi connectivity index (χ1v) is 44.8. The smallest absolute Gasteiger partial charge is 0.352 e. The third kappa shape index (κ3) is 29.1. The number of unbranched alkanes of at least 4 members (excludes halogenated alkanes) is 2. The van der Waals surface area contributed by atoms with Crippen LogP contribution < -0.4 is 70.8 Å². The van der Waals surface area contributed by atoms with Crippen LogP contribution in [-0.4, -0.2) is 311 Å². The minimum Gasteiger partial charge on any atom is -0.508 e. The van der Waals surface area contributed by atoms with E-state index in [0.29, 0.717) is 41.3 Å². The molecule has 3 aromatic carbocycles. The number of fused-ring (bicyclic) bond motifs is 3. The number of carbonyl (C=O) groups excluding carboxylic acids is 16. The number of aromatic amines is 1. The molecule has 0 spiro atoms. The molecule has 43 heteroatoms. The summed E-state index contributed by atoms with van der Waals surface area (Å²) in [7, 11) is 4.89. The highest BCUT2D eigenvalue weighted by Crippen LogP contribution is 2.31. The molecule has 42 nitrogen and oxygen atoms in total. The lowest BCUT2D eigenvalue weighted by molar-refractivity contribution is -0.149. The number of carboxylic acid groups (broad SMARTS) is 2. The molecule has 716 valence electrons. The van der Waals surface area contributed by atoms with Gasteiger partial charge in [0, 0.05) is 101 Å². The molecule has 0 unspecified atom stereocenters. The molecular formula is C88H126N20O22S. The van der Waals surface area contributed by atoms with E-state index in [0.717, 1.165) is 47.9 Å². The molecule has 7 rings (SSSR count). The maximum absolute atomic E-state index is 16.0. The molecule has 4 heterocycles. The van der Waals surface area contributed by atoms with Crippen LogP contribution in [0.4, 0.5) is 0 Å². The lowest BCUT2D eigenvalue weighted by Crippen LogP contribution is -2.61. The number of benzene rings is 3. The molecule has 2 aromatic heterocycles. The van der Waals surface area contributed by atoms with Crippen LogP contribution in [-0.2, 0) is 107 Å². The number of nitrogens with two attached hydrogens (primary N) is 4. The second kappa shape index (κ2) is 49.3. The predicted octanol–water partition coefficient (Wildman–Crippen LogP) is -2.19. The number of thioether (sulfide) groups is 1. The molecule has 2 saturated heterocycles. The summed E-state index contributed by atoms with van der Waals surface area (Å²) in [4.78, 5) is 268. The summed E-state index contributed by atoms with van der Waals surface area (Å²) in [6.45, 7) is 8.58. The zero-order valence-corrected chi connectivity index (χ0v) is 76.4. The van der Waals surface area contributed by atoms with Crippen LogP contribution in [0, 0.1) is 11.8 Å². The largest absolute Gasteiger partial charge is 0.508 e.